The smallest absolute Gasteiger partial charge is 0.277 e. The average molecular weight is 240 g/mol. The molecule has 7 heteroatoms. The Morgan fingerprint density at radius 2 is 2.38 bits per heavy atom. The van der Waals surface area contributed by atoms with Gasteiger partial charge in [-0.15, -0.1) is 11.3 Å². The fourth-order valence-corrected chi connectivity index (χ4v) is 1.85. The summed E-state index contributed by atoms with van der Waals surface area (Å²) >= 11 is 1.34. The summed E-state index contributed by atoms with van der Waals surface area (Å²) in [6.45, 7) is 1.99. The predicted octanol–water partition coefficient (Wildman–Crippen LogP) is 1.87. The molecule has 0 saturated carbocycles. The van der Waals surface area contributed by atoms with Gasteiger partial charge >= 0.3 is 0 Å². The van der Waals surface area contributed by atoms with Crippen molar-refractivity contribution in [3.8, 4) is 11.6 Å². The molecule has 0 aliphatic heterocycles. The standard InChI is InChI=1S/C9H12N4O2S/c1-3-6(14-2)7-12-8(15-13-7)5-4-16-9(10)11-5/h4,6H,3H2,1-2H3,(H2,10,11). The van der Waals surface area contributed by atoms with Crippen molar-refractivity contribution in [2.45, 2.75) is 19.4 Å². The maximum atomic E-state index is 5.53. The van der Waals surface area contributed by atoms with Gasteiger partial charge in [0, 0.05) is 12.5 Å². The molecule has 86 valence electrons. The van der Waals surface area contributed by atoms with Crippen LogP contribution in [0.4, 0.5) is 5.13 Å². The molecule has 2 heterocycles. The molecule has 2 rings (SSSR count). The van der Waals surface area contributed by atoms with Crippen LogP contribution in [0.25, 0.3) is 11.6 Å². The fourth-order valence-electron chi connectivity index (χ4n) is 1.31. The minimum Gasteiger partial charge on any atom is -0.375 e. The topological polar surface area (TPSA) is 87.1 Å². The van der Waals surface area contributed by atoms with Crippen molar-refractivity contribution in [1.29, 1.82) is 0 Å². The highest BCUT2D eigenvalue weighted by Gasteiger charge is 2.17. The third kappa shape index (κ3) is 2.05. The summed E-state index contributed by atoms with van der Waals surface area (Å²) in [7, 11) is 1.62. The van der Waals surface area contributed by atoms with Crippen molar-refractivity contribution in [3.63, 3.8) is 0 Å². The summed E-state index contributed by atoms with van der Waals surface area (Å²) in [4.78, 5) is 8.29. The molecule has 0 amide bonds. The van der Waals surface area contributed by atoms with E-state index in [-0.39, 0.29) is 6.10 Å². The number of rotatable bonds is 4. The molecule has 1 unspecified atom stereocenters. The van der Waals surface area contributed by atoms with E-state index in [9.17, 15) is 0 Å². The van der Waals surface area contributed by atoms with Crippen molar-refractivity contribution in [3.05, 3.63) is 11.2 Å². The number of nitrogens with two attached hydrogens (primary N) is 1. The molecule has 2 N–H and O–H groups in total. The normalized spacial score (nSPS) is 12.9. The van der Waals surface area contributed by atoms with Crippen LogP contribution >= 0.6 is 11.3 Å². The molecule has 0 bridgehead atoms. The van der Waals surface area contributed by atoms with E-state index in [2.05, 4.69) is 15.1 Å². The molecule has 0 aromatic carbocycles. The number of nitrogens with zero attached hydrogens (tertiary/aromatic N) is 3. The lowest BCUT2D eigenvalue weighted by atomic mass is 10.2. The maximum Gasteiger partial charge on any atom is 0.277 e. The highest BCUT2D eigenvalue weighted by molar-refractivity contribution is 7.13. The van der Waals surface area contributed by atoms with Crippen molar-refractivity contribution in [2.75, 3.05) is 12.8 Å². The lowest BCUT2D eigenvalue weighted by Crippen LogP contribution is -2.01. The average Bonchev–Trinajstić information content (AvgIpc) is 2.89. The monoisotopic (exact) mass is 240 g/mol. The maximum absolute atomic E-state index is 5.53. The van der Waals surface area contributed by atoms with E-state index in [1.807, 2.05) is 6.92 Å². The molecule has 0 fully saturated rings. The molecule has 2 aromatic rings. The van der Waals surface area contributed by atoms with E-state index < -0.39 is 0 Å². The zero-order chi connectivity index (χ0) is 11.5. The Morgan fingerprint density at radius 3 is 2.94 bits per heavy atom. The molecule has 0 spiro atoms. The first-order chi connectivity index (χ1) is 7.74. The van der Waals surface area contributed by atoms with Crippen LogP contribution in [-0.2, 0) is 4.74 Å². The number of hydrogen-bond donors (Lipinski definition) is 1. The van der Waals surface area contributed by atoms with E-state index in [1.54, 1.807) is 12.5 Å². The zero-order valence-corrected chi connectivity index (χ0v) is 9.82. The second-order valence-electron chi connectivity index (χ2n) is 3.16. The highest BCUT2D eigenvalue weighted by atomic mass is 32.1. The van der Waals surface area contributed by atoms with Gasteiger partial charge in [0.05, 0.1) is 0 Å². The molecule has 16 heavy (non-hydrogen) atoms. The van der Waals surface area contributed by atoms with Crippen LogP contribution < -0.4 is 5.73 Å². The molecule has 6 nitrogen and oxygen atoms in total. The molecule has 1 atom stereocenters. The van der Waals surface area contributed by atoms with Gasteiger partial charge in [0.2, 0.25) is 5.82 Å². The van der Waals surface area contributed by atoms with Crippen LogP contribution in [-0.4, -0.2) is 22.2 Å². The Kier molecular flexibility index (Phi) is 3.16. The predicted molar refractivity (Wildman–Crippen MR) is 59.9 cm³/mol. The van der Waals surface area contributed by atoms with Crippen LogP contribution in [0.5, 0.6) is 0 Å². The van der Waals surface area contributed by atoms with Crippen molar-refractivity contribution in [1.82, 2.24) is 15.1 Å². The van der Waals surface area contributed by atoms with Gasteiger partial charge in [-0.05, 0) is 6.42 Å². The minimum absolute atomic E-state index is 0.145. The number of ether oxygens (including phenoxy) is 1. The van der Waals surface area contributed by atoms with E-state index in [0.717, 1.165) is 6.42 Å². The van der Waals surface area contributed by atoms with Crippen LogP contribution in [0, 0.1) is 0 Å². The van der Waals surface area contributed by atoms with E-state index in [4.69, 9.17) is 15.0 Å². The summed E-state index contributed by atoms with van der Waals surface area (Å²) < 4.78 is 10.3. The second-order valence-corrected chi connectivity index (χ2v) is 4.05. The third-order valence-electron chi connectivity index (χ3n) is 2.13. The minimum atomic E-state index is -0.145. The first kappa shape index (κ1) is 11.0. The van der Waals surface area contributed by atoms with Crippen LogP contribution in [0.1, 0.15) is 25.3 Å². The zero-order valence-electron chi connectivity index (χ0n) is 9.01. The Balaban J connectivity index is 2.25. The van der Waals surface area contributed by atoms with Crippen molar-refractivity contribution >= 4 is 16.5 Å². The highest BCUT2D eigenvalue weighted by Crippen LogP contribution is 2.24. The molecule has 0 aliphatic carbocycles. The van der Waals surface area contributed by atoms with E-state index in [0.29, 0.717) is 22.5 Å². The summed E-state index contributed by atoms with van der Waals surface area (Å²) in [5, 5.41) is 6.11. The van der Waals surface area contributed by atoms with Crippen LogP contribution in [0.3, 0.4) is 0 Å². The van der Waals surface area contributed by atoms with Gasteiger partial charge in [0.15, 0.2) is 5.13 Å². The first-order valence-electron chi connectivity index (χ1n) is 4.82. The summed E-state index contributed by atoms with van der Waals surface area (Å²) in [5.74, 6) is 0.907. The summed E-state index contributed by atoms with van der Waals surface area (Å²) in [5.41, 5.74) is 6.13. The number of thiazole rings is 1. The van der Waals surface area contributed by atoms with Gasteiger partial charge in [-0.2, -0.15) is 4.98 Å². The van der Waals surface area contributed by atoms with Gasteiger partial charge in [0.1, 0.15) is 11.8 Å². The summed E-state index contributed by atoms with van der Waals surface area (Å²) in [6.07, 6.45) is 0.641. The number of anilines is 1. The molecule has 2 aromatic heterocycles. The second kappa shape index (κ2) is 4.58. The van der Waals surface area contributed by atoms with Gasteiger partial charge in [-0.25, -0.2) is 4.98 Å². The number of nitrogen functional groups attached to an aromatic ring is 1. The molecule has 0 radical (unpaired) electrons. The lowest BCUT2D eigenvalue weighted by Gasteiger charge is -2.05. The molecular weight excluding hydrogens is 228 g/mol. The van der Waals surface area contributed by atoms with Gasteiger partial charge in [-0.1, -0.05) is 12.1 Å². The Morgan fingerprint density at radius 1 is 1.56 bits per heavy atom. The van der Waals surface area contributed by atoms with E-state index >= 15 is 0 Å². The largest absolute Gasteiger partial charge is 0.375 e. The number of aromatic nitrogens is 3. The van der Waals surface area contributed by atoms with Crippen LogP contribution in [0.2, 0.25) is 0 Å². The van der Waals surface area contributed by atoms with Crippen LogP contribution in [0.15, 0.2) is 9.90 Å². The Bertz CT molecular complexity index is 464. The molecule has 0 saturated heterocycles. The van der Waals surface area contributed by atoms with Crippen molar-refractivity contribution < 1.29 is 9.26 Å². The summed E-state index contributed by atoms with van der Waals surface area (Å²) in [6, 6.07) is 0. The SMILES string of the molecule is CCC(OC)c1noc(-c2csc(N)n2)n1. The molecule has 0 aliphatic rings. The number of methoxy groups -OCH3 is 1. The first-order valence-corrected chi connectivity index (χ1v) is 5.70. The number of hydrogen-bond acceptors (Lipinski definition) is 7. The van der Waals surface area contributed by atoms with E-state index in [1.165, 1.54) is 11.3 Å². The van der Waals surface area contributed by atoms with Gasteiger partial charge in [0.25, 0.3) is 5.89 Å². The Hall–Kier alpha value is -1.47. The van der Waals surface area contributed by atoms with Crippen molar-refractivity contribution in [2.24, 2.45) is 0 Å². The third-order valence-corrected chi connectivity index (χ3v) is 2.80. The Labute approximate surface area is 96.4 Å². The van der Waals surface area contributed by atoms with Gasteiger partial charge < -0.3 is 15.0 Å². The quantitative estimate of drug-likeness (QED) is 0.877. The van der Waals surface area contributed by atoms with Gasteiger partial charge in [-0.3, -0.25) is 0 Å². The lowest BCUT2D eigenvalue weighted by molar-refractivity contribution is 0.0903. The molecular formula is C9H12N4O2S. The fraction of sp³-hybridized carbons (Fsp3) is 0.444.